The number of amides is 1. The molecular formula is C43H83B2NO3. The maximum Gasteiger partial charge on any atom is 0.220 e. The number of unbranched alkanes of at least 4 members (excludes halogenated alkanes) is 11. The summed E-state index contributed by atoms with van der Waals surface area (Å²) >= 11 is 0. The smallest absolute Gasteiger partial charge is 0.220 e. The first-order valence-electron chi connectivity index (χ1n) is 20.6. The van der Waals surface area contributed by atoms with E-state index in [0.717, 1.165) is 44.9 Å². The fourth-order valence-corrected chi connectivity index (χ4v) is 7.94. The van der Waals surface area contributed by atoms with Gasteiger partial charge in [-0.2, -0.15) is 0 Å². The summed E-state index contributed by atoms with van der Waals surface area (Å²) in [4.78, 5) is 26.6. The van der Waals surface area contributed by atoms with E-state index >= 15 is 0 Å². The molecule has 4 nitrogen and oxygen atoms in total. The molecule has 0 aromatic heterocycles. The molecule has 1 amide bonds. The third-order valence-corrected chi connectivity index (χ3v) is 10.6. The SMILES string of the molecule is [B]C(C)(CC(=O)NC(C)(C)CC([B])(C)CC(=O)C(C)(C)CCCCCC)CC(C)(C)CCOC(C)(CCCCCCC)CCCCCCC. The molecule has 0 bridgehead atoms. The molecule has 2 unspecified atom stereocenters. The van der Waals surface area contributed by atoms with E-state index in [1.807, 2.05) is 41.5 Å². The summed E-state index contributed by atoms with van der Waals surface area (Å²) in [5.74, 6) is 0.135. The lowest BCUT2D eigenvalue weighted by molar-refractivity contribution is -0.128. The van der Waals surface area contributed by atoms with Crippen molar-refractivity contribution in [3.63, 3.8) is 0 Å². The summed E-state index contributed by atoms with van der Waals surface area (Å²) in [5, 5.41) is 1.83. The Morgan fingerprint density at radius 2 is 0.980 bits per heavy atom. The molecule has 0 aliphatic rings. The Morgan fingerprint density at radius 1 is 0.551 bits per heavy atom. The van der Waals surface area contributed by atoms with Gasteiger partial charge in [0.05, 0.1) is 21.3 Å². The predicted octanol–water partition coefficient (Wildman–Crippen LogP) is 12.6. The van der Waals surface area contributed by atoms with Crippen molar-refractivity contribution in [2.24, 2.45) is 10.8 Å². The summed E-state index contributed by atoms with van der Waals surface area (Å²) in [5.41, 5.74) is -1.09. The Bertz CT molecular complexity index is 895. The summed E-state index contributed by atoms with van der Waals surface area (Å²) in [7, 11) is 13.5. The molecule has 0 saturated heterocycles. The van der Waals surface area contributed by atoms with Crippen LogP contribution in [-0.2, 0) is 14.3 Å². The maximum absolute atomic E-state index is 13.4. The highest BCUT2D eigenvalue weighted by Crippen LogP contribution is 2.43. The molecule has 0 aromatic rings. The van der Waals surface area contributed by atoms with Gasteiger partial charge < -0.3 is 10.1 Å². The first-order valence-corrected chi connectivity index (χ1v) is 20.6. The first-order chi connectivity index (χ1) is 22.5. The Morgan fingerprint density at radius 3 is 1.47 bits per heavy atom. The maximum atomic E-state index is 13.4. The van der Waals surface area contributed by atoms with Gasteiger partial charge in [-0.1, -0.05) is 169 Å². The molecule has 0 aliphatic heterocycles. The predicted molar refractivity (Wildman–Crippen MR) is 216 cm³/mol. The highest BCUT2D eigenvalue weighted by molar-refractivity contribution is 6.17. The summed E-state index contributed by atoms with van der Waals surface area (Å²) in [6.45, 7) is 26.3. The number of ketones is 1. The minimum Gasteiger partial charge on any atom is -0.375 e. The summed E-state index contributed by atoms with van der Waals surface area (Å²) < 4.78 is 6.71. The van der Waals surface area contributed by atoms with Crippen LogP contribution in [-0.4, -0.2) is 45.1 Å². The fourth-order valence-electron chi connectivity index (χ4n) is 7.94. The monoisotopic (exact) mass is 684 g/mol. The van der Waals surface area contributed by atoms with Crippen molar-refractivity contribution in [2.45, 2.75) is 246 Å². The minimum atomic E-state index is -0.720. The average molecular weight is 684 g/mol. The van der Waals surface area contributed by atoms with Crippen molar-refractivity contribution < 1.29 is 14.3 Å². The zero-order valence-corrected chi connectivity index (χ0v) is 35.1. The van der Waals surface area contributed by atoms with E-state index in [-0.39, 0.29) is 34.5 Å². The van der Waals surface area contributed by atoms with Crippen LogP contribution in [0.2, 0.25) is 10.6 Å². The topological polar surface area (TPSA) is 55.4 Å². The van der Waals surface area contributed by atoms with Gasteiger partial charge in [0, 0.05) is 30.4 Å². The van der Waals surface area contributed by atoms with Crippen LogP contribution in [0.25, 0.3) is 0 Å². The van der Waals surface area contributed by atoms with Crippen LogP contribution in [0.15, 0.2) is 0 Å². The van der Waals surface area contributed by atoms with Crippen molar-refractivity contribution in [1.82, 2.24) is 5.32 Å². The van der Waals surface area contributed by atoms with E-state index in [2.05, 4.69) is 46.9 Å². The lowest BCUT2D eigenvalue weighted by Gasteiger charge is -2.39. The molecule has 0 saturated carbocycles. The third-order valence-electron chi connectivity index (χ3n) is 10.6. The second-order valence-electron chi connectivity index (χ2n) is 19.1. The molecule has 0 fully saturated rings. The second kappa shape index (κ2) is 23.0. The van der Waals surface area contributed by atoms with Crippen molar-refractivity contribution in [3.05, 3.63) is 0 Å². The average Bonchev–Trinajstić information content (AvgIpc) is 2.92. The molecule has 0 aliphatic carbocycles. The van der Waals surface area contributed by atoms with Gasteiger partial charge in [-0.15, -0.1) is 0 Å². The van der Waals surface area contributed by atoms with Gasteiger partial charge in [-0.25, -0.2) is 0 Å². The molecule has 284 valence electrons. The van der Waals surface area contributed by atoms with Gasteiger partial charge in [0.15, 0.2) is 0 Å². The van der Waals surface area contributed by atoms with Gasteiger partial charge in [0.25, 0.3) is 0 Å². The Balaban J connectivity index is 5.07. The van der Waals surface area contributed by atoms with Crippen molar-refractivity contribution in [2.75, 3.05) is 6.61 Å². The zero-order chi connectivity index (χ0) is 37.8. The largest absolute Gasteiger partial charge is 0.375 e. The molecule has 4 radical (unpaired) electrons. The Kier molecular flexibility index (Phi) is 22.7. The number of carbonyl (C=O) groups excluding carboxylic acids is 2. The number of rotatable bonds is 31. The highest BCUT2D eigenvalue weighted by atomic mass is 16.5. The van der Waals surface area contributed by atoms with E-state index in [1.165, 1.54) is 77.0 Å². The van der Waals surface area contributed by atoms with Crippen LogP contribution in [0, 0.1) is 10.8 Å². The Hall–Kier alpha value is -0.770. The quantitative estimate of drug-likeness (QED) is 0.0584. The van der Waals surface area contributed by atoms with Gasteiger partial charge in [-0.3, -0.25) is 9.59 Å². The van der Waals surface area contributed by atoms with Gasteiger partial charge in [-0.05, 0) is 58.3 Å². The number of Topliss-reactive ketones (excluding diaryl/α,β-unsaturated/α-hetero) is 1. The van der Waals surface area contributed by atoms with Crippen molar-refractivity contribution >= 4 is 27.4 Å². The van der Waals surface area contributed by atoms with Crippen LogP contribution >= 0.6 is 0 Å². The Labute approximate surface area is 309 Å². The highest BCUT2D eigenvalue weighted by Gasteiger charge is 2.37. The van der Waals surface area contributed by atoms with E-state index in [1.54, 1.807) is 0 Å². The number of nitrogens with one attached hydrogen (secondary N) is 1. The van der Waals surface area contributed by atoms with Gasteiger partial charge in [0.1, 0.15) is 5.78 Å². The summed E-state index contributed by atoms with van der Waals surface area (Å²) in [6.07, 6.45) is 23.3. The lowest BCUT2D eigenvalue weighted by Crippen LogP contribution is -2.47. The number of ether oxygens (including phenoxy) is 1. The number of hydrogen-bond acceptors (Lipinski definition) is 3. The van der Waals surface area contributed by atoms with Crippen LogP contribution in [0.3, 0.4) is 0 Å². The molecular weight excluding hydrogens is 600 g/mol. The zero-order valence-electron chi connectivity index (χ0n) is 35.1. The molecule has 0 heterocycles. The van der Waals surface area contributed by atoms with Crippen LogP contribution in [0.5, 0.6) is 0 Å². The first kappa shape index (κ1) is 48.2. The van der Waals surface area contributed by atoms with Crippen molar-refractivity contribution in [3.8, 4) is 0 Å². The minimum absolute atomic E-state index is 0.0675. The fraction of sp³-hybridized carbons (Fsp3) is 0.953. The standard InChI is InChI=1S/C43H83B2NO3/c1-13-16-19-22-25-28-43(12,29-26-23-20-17-14-2)49-31-30-38(4,5)34-42(11,45)33-37(48)46-40(8,9)35-41(10,44)32-36(47)39(6,7)27-24-21-18-15-3/h13-35H2,1-12H3,(H,46,48). The van der Waals surface area contributed by atoms with Crippen LogP contribution < -0.4 is 5.32 Å². The summed E-state index contributed by atoms with van der Waals surface area (Å²) in [6, 6.07) is 0. The molecule has 1 N–H and O–H groups in total. The van der Waals surface area contributed by atoms with Crippen molar-refractivity contribution in [1.29, 1.82) is 0 Å². The van der Waals surface area contributed by atoms with Gasteiger partial charge >= 0.3 is 0 Å². The van der Waals surface area contributed by atoms with Crippen LogP contribution in [0.4, 0.5) is 0 Å². The molecule has 6 heteroatoms. The molecule has 0 spiro atoms. The normalized spacial score (nSPS) is 15.5. The molecule has 2 atom stereocenters. The molecule has 49 heavy (non-hydrogen) atoms. The second-order valence-corrected chi connectivity index (χ2v) is 19.1. The van der Waals surface area contributed by atoms with E-state index in [0.29, 0.717) is 19.4 Å². The van der Waals surface area contributed by atoms with Gasteiger partial charge in [0.2, 0.25) is 5.91 Å². The van der Waals surface area contributed by atoms with E-state index < -0.39 is 16.2 Å². The van der Waals surface area contributed by atoms with E-state index in [9.17, 15) is 9.59 Å². The number of carbonyl (C=O) groups is 2. The lowest BCUT2D eigenvalue weighted by atomic mass is 9.59. The van der Waals surface area contributed by atoms with Crippen LogP contribution in [0.1, 0.15) is 224 Å². The molecule has 0 rings (SSSR count). The number of hydrogen-bond donors (Lipinski definition) is 1. The third kappa shape index (κ3) is 24.2. The molecule has 0 aromatic carbocycles. The van der Waals surface area contributed by atoms with E-state index in [4.69, 9.17) is 20.4 Å².